The zero-order chi connectivity index (χ0) is 19.0. The number of hydrogen-bond donors (Lipinski definition) is 2. The molecule has 27 heavy (non-hydrogen) atoms. The maximum absolute atomic E-state index is 12.9. The Labute approximate surface area is 155 Å². The fraction of sp³-hybridized carbons (Fsp3) is 0.150. The molecule has 2 aromatic heterocycles. The number of nitrogens with two attached hydrogens (primary N) is 1. The summed E-state index contributed by atoms with van der Waals surface area (Å²) in [6, 6.07) is 14.8. The van der Waals surface area contributed by atoms with Gasteiger partial charge in [0.05, 0.1) is 23.6 Å². The number of para-hydroxylation sites is 1. The first kappa shape index (κ1) is 16.8. The number of ether oxygens (including phenoxy) is 1. The van der Waals surface area contributed by atoms with E-state index in [1.807, 2.05) is 44.2 Å². The van der Waals surface area contributed by atoms with Crippen LogP contribution in [0.1, 0.15) is 12.6 Å². The highest BCUT2D eigenvalue weighted by Crippen LogP contribution is 2.30. The number of fused-ring (bicyclic) bond motifs is 1. The summed E-state index contributed by atoms with van der Waals surface area (Å²) >= 11 is 0. The number of aromatic nitrogens is 4. The number of anilines is 1. The summed E-state index contributed by atoms with van der Waals surface area (Å²) in [6.07, 6.45) is 0. The van der Waals surface area contributed by atoms with Crippen LogP contribution < -0.4 is 16.0 Å². The van der Waals surface area contributed by atoms with Crippen LogP contribution in [0.25, 0.3) is 28.1 Å². The van der Waals surface area contributed by atoms with Crippen LogP contribution >= 0.6 is 0 Å². The second kappa shape index (κ2) is 6.60. The summed E-state index contributed by atoms with van der Waals surface area (Å²) in [7, 11) is 0. The van der Waals surface area contributed by atoms with Crippen LogP contribution in [0.15, 0.2) is 53.3 Å². The van der Waals surface area contributed by atoms with Gasteiger partial charge in [-0.05, 0) is 38.1 Å². The van der Waals surface area contributed by atoms with E-state index in [0.29, 0.717) is 46.2 Å². The lowest BCUT2D eigenvalue weighted by Gasteiger charge is -2.10. The van der Waals surface area contributed by atoms with Crippen LogP contribution in [0.5, 0.6) is 5.75 Å². The largest absolute Gasteiger partial charge is 0.493 e. The summed E-state index contributed by atoms with van der Waals surface area (Å²) in [5, 5.41) is 4.51. The van der Waals surface area contributed by atoms with Crippen LogP contribution in [-0.4, -0.2) is 26.4 Å². The molecule has 7 heteroatoms. The summed E-state index contributed by atoms with van der Waals surface area (Å²) in [5.74, 6) is 1.000. The summed E-state index contributed by atoms with van der Waals surface area (Å²) in [4.78, 5) is 20.4. The molecule has 0 unspecified atom stereocenters. The lowest BCUT2D eigenvalue weighted by atomic mass is 10.1. The fourth-order valence-electron chi connectivity index (χ4n) is 3.06. The van der Waals surface area contributed by atoms with Crippen molar-refractivity contribution >= 4 is 16.7 Å². The average molecular weight is 361 g/mol. The molecule has 0 fully saturated rings. The molecule has 2 heterocycles. The molecule has 0 bridgehead atoms. The second-order valence-corrected chi connectivity index (χ2v) is 6.13. The molecule has 0 saturated heterocycles. The van der Waals surface area contributed by atoms with Crippen molar-refractivity contribution in [2.45, 2.75) is 13.8 Å². The number of hydrogen-bond acceptors (Lipinski definition) is 5. The summed E-state index contributed by atoms with van der Waals surface area (Å²) in [6.45, 7) is 4.21. The Morgan fingerprint density at radius 1 is 1.19 bits per heavy atom. The lowest BCUT2D eigenvalue weighted by molar-refractivity contribution is 0.341. The van der Waals surface area contributed by atoms with Crippen molar-refractivity contribution in [1.82, 2.24) is 19.7 Å². The first-order chi connectivity index (χ1) is 13.1. The first-order valence-corrected chi connectivity index (χ1v) is 8.66. The Morgan fingerprint density at radius 3 is 2.70 bits per heavy atom. The molecule has 4 rings (SSSR count). The van der Waals surface area contributed by atoms with Crippen molar-refractivity contribution in [2.75, 3.05) is 12.3 Å². The van der Waals surface area contributed by atoms with Gasteiger partial charge in [0, 0.05) is 11.8 Å². The van der Waals surface area contributed by atoms with Crippen molar-refractivity contribution in [2.24, 2.45) is 0 Å². The van der Waals surface area contributed by atoms with E-state index >= 15 is 0 Å². The van der Waals surface area contributed by atoms with Crippen LogP contribution in [0, 0.1) is 6.92 Å². The Hall–Kier alpha value is -3.61. The molecule has 2 aromatic carbocycles. The third-order valence-corrected chi connectivity index (χ3v) is 4.26. The minimum Gasteiger partial charge on any atom is -0.493 e. The zero-order valence-corrected chi connectivity index (χ0v) is 15.1. The number of nitrogens with zero attached hydrogens (tertiary/aromatic N) is 3. The van der Waals surface area contributed by atoms with Crippen LogP contribution in [0.4, 0.5) is 5.69 Å². The molecule has 0 saturated carbocycles. The van der Waals surface area contributed by atoms with Crippen LogP contribution in [0.2, 0.25) is 0 Å². The van der Waals surface area contributed by atoms with Crippen LogP contribution in [-0.2, 0) is 0 Å². The third-order valence-electron chi connectivity index (χ3n) is 4.26. The van der Waals surface area contributed by atoms with Crippen molar-refractivity contribution in [3.8, 4) is 22.8 Å². The third kappa shape index (κ3) is 2.93. The molecule has 0 spiro atoms. The molecule has 3 N–H and O–H groups in total. The highest BCUT2D eigenvalue weighted by molar-refractivity contribution is 5.81. The van der Waals surface area contributed by atoms with Gasteiger partial charge >= 0.3 is 0 Å². The number of nitrogens with one attached hydrogen (secondary N) is 1. The van der Waals surface area contributed by atoms with E-state index in [0.717, 1.165) is 5.69 Å². The number of rotatable bonds is 4. The molecular weight excluding hydrogens is 342 g/mol. The van der Waals surface area contributed by atoms with Crippen molar-refractivity contribution in [1.29, 1.82) is 0 Å². The number of H-pyrrole nitrogens is 1. The minimum atomic E-state index is -0.265. The van der Waals surface area contributed by atoms with Gasteiger partial charge in [0.2, 0.25) is 0 Å². The number of benzene rings is 2. The van der Waals surface area contributed by atoms with E-state index in [-0.39, 0.29) is 5.56 Å². The van der Waals surface area contributed by atoms with Gasteiger partial charge < -0.3 is 15.5 Å². The van der Waals surface area contributed by atoms with Gasteiger partial charge in [-0.15, -0.1) is 0 Å². The Kier molecular flexibility index (Phi) is 4.12. The fourth-order valence-corrected chi connectivity index (χ4v) is 3.06. The van der Waals surface area contributed by atoms with Crippen molar-refractivity contribution in [3.05, 3.63) is 64.6 Å². The van der Waals surface area contributed by atoms with Crippen LogP contribution in [0.3, 0.4) is 0 Å². The SMILES string of the molecule is CCOc1cc(N)ccc1-c1nc2c(C)nn(-c3ccccc3)c2c(=O)[nH]1. The number of nitrogen functional groups attached to an aromatic ring is 1. The van der Waals surface area contributed by atoms with E-state index in [9.17, 15) is 4.79 Å². The second-order valence-electron chi connectivity index (χ2n) is 6.13. The highest BCUT2D eigenvalue weighted by atomic mass is 16.5. The average Bonchev–Trinajstić information content (AvgIpc) is 3.00. The molecule has 0 atom stereocenters. The standard InChI is InChI=1S/C20H19N5O2/c1-3-27-16-11-13(21)9-10-15(16)19-22-17-12(2)24-25(18(17)20(26)23-19)14-7-5-4-6-8-14/h4-11H,3,21H2,1-2H3,(H,22,23,26). The Balaban J connectivity index is 1.95. The van der Waals surface area contributed by atoms with Crippen molar-refractivity contribution < 1.29 is 4.74 Å². The van der Waals surface area contributed by atoms with Crippen molar-refractivity contribution in [3.63, 3.8) is 0 Å². The van der Waals surface area contributed by atoms with Gasteiger partial charge in [0.25, 0.3) is 5.56 Å². The van der Waals surface area contributed by atoms with Gasteiger partial charge in [0.1, 0.15) is 17.1 Å². The maximum atomic E-state index is 12.9. The predicted molar refractivity (Wildman–Crippen MR) is 105 cm³/mol. The first-order valence-electron chi connectivity index (χ1n) is 8.66. The number of aryl methyl sites for hydroxylation is 1. The predicted octanol–water partition coefficient (Wildman–Crippen LogP) is 3.07. The monoisotopic (exact) mass is 361 g/mol. The molecule has 0 aliphatic heterocycles. The van der Waals surface area contributed by atoms with Gasteiger partial charge in [0.15, 0.2) is 5.52 Å². The van der Waals surface area contributed by atoms with E-state index in [2.05, 4.69) is 15.1 Å². The molecule has 7 nitrogen and oxygen atoms in total. The summed E-state index contributed by atoms with van der Waals surface area (Å²) < 4.78 is 7.28. The minimum absolute atomic E-state index is 0.265. The maximum Gasteiger partial charge on any atom is 0.277 e. The quantitative estimate of drug-likeness (QED) is 0.544. The van der Waals surface area contributed by atoms with Gasteiger partial charge in [-0.2, -0.15) is 5.10 Å². The van der Waals surface area contributed by atoms with Gasteiger partial charge in [-0.1, -0.05) is 18.2 Å². The Bertz CT molecular complexity index is 1180. The lowest BCUT2D eigenvalue weighted by Crippen LogP contribution is -2.13. The molecule has 0 amide bonds. The van der Waals surface area contributed by atoms with Gasteiger partial charge in [-0.25, -0.2) is 9.67 Å². The summed E-state index contributed by atoms with van der Waals surface area (Å²) in [5.41, 5.74) is 9.30. The smallest absolute Gasteiger partial charge is 0.277 e. The highest BCUT2D eigenvalue weighted by Gasteiger charge is 2.17. The normalized spacial score (nSPS) is 11.0. The van der Waals surface area contributed by atoms with Gasteiger partial charge in [-0.3, -0.25) is 4.79 Å². The molecule has 0 aliphatic rings. The van der Waals surface area contributed by atoms with E-state index in [1.54, 1.807) is 22.9 Å². The molecule has 136 valence electrons. The van der Waals surface area contributed by atoms with E-state index in [4.69, 9.17) is 10.5 Å². The van der Waals surface area contributed by atoms with E-state index < -0.39 is 0 Å². The molecule has 4 aromatic rings. The molecule has 0 radical (unpaired) electrons. The molecular formula is C20H19N5O2. The molecule has 0 aliphatic carbocycles. The van der Waals surface area contributed by atoms with E-state index in [1.165, 1.54) is 0 Å². The number of aromatic amines is 1. The topological polar surface area (TPSA) is 98.8 Å². The Morgan fingerprint density at radius 2 is 1.96 bits per heavy atom. The zero-order valence-electron chi connectivity index (χ0n) is 15.1.